The zero-order chi connectivity index (χ0) is 49.1. The van der Waals surface area contributed by atoms with Crippen LogP contribution in [-0.2, 0) is 39.8 Å². The molecule has 360 valence electrons. The molecule has 2 atom stereocenters. The molecule has 1 saturated heterocycles. The van der Waals surface area contributed by atoms with E-state index in [4.69, 9.17) is 18.7 Å². The Balaban J connectivity index is 0.828. The molecule has 8 rings (SSSR count). The number of imidazole rings is 1. The van der Waals surface area contributed by atoms with Gasteiger partial charge in [-0.15, -0.1) is 0 Å². The van der Waals surface area contributed by atoms with E-state index in [1.54, 1.807) is 68.9 Å². The Labute approximate surface area is 394 Å². The Morgan fingerprint density at radius 2 is 1.61 bits per heavy atom. The van der Waals surface area contributed by atoms with Crippen LogP contribution in [0.1, 0.15) is 61.2 Å². The Morgan fingerprint density at radius 1 is 0.870 bits per heavy atom. The maximum absolute atomic E-state index is 13.7. The van der Waals surface area contributed by atoms with E-state index < -0.39 is 25.5 Å². The average molecular weight is 965 g/mol. The Hall–Kier alpha value is -7.85. The van der Waals surface area contributed by atoms with Gasteiger partial charge in [0.1, 0.15) is 11.4 Å². The molecule has 0 radical (unpaired) electrons. The van der Waals surface area contributed by atoms with E-state index in [1.165, 1.54) is 63.2 Å². The van der Waals surface area contributed by atoms with E-state index in [9.17, 15) is 33.4 Å². The van der Waals surface area contributed by atoms with Gasteiger partial charge in [0, 0.05) is 83.2 Å². The number of methoxy groups -OCH3 is 2. The molecule has 2 aliphatic heterocycles. The van der Waals surface area contributed by atoms with E-state index in [1.807, 2.05) is 0 Å². The minimum absolute atomic E-state index is 0.00635. The summed E-state index contributed by atoms with van der Waals surface area (Å²) in [6.45, 7) is 4.69. The van der Waals surface area contributed by atoms with Crippen molar-refractivity contribution in [2.45, 2.75) is 25.3 Å². The first-order valence-electron chi connectivity index (χ1n) is 21.4. The van der Waals surface area contributed by atoms with Gasteiger partial charge in [-0.3, -0.25) is 38.6 Å². The molecular formula is C45H49N12O11P. The highest BCUT2D eigenvalue weighted by Gasteiger charge is 2.34. The summed E-state index contributed by atoms with van der Waals surface area (Å²) < 4.78 is 39.4. The number of anilines is 4. The lowest BCUT2D eigenvalue weighted by atomic mass is 10.1. The second-order valence-electron chi connectivity index (χ2n) is 16.3. The van der Waals surface area contributed by atoms with Gasteiger partial charge in [0.25, 0.3) is 23.6 Å². The quantitative estimate of drug-likeness (QED) is 0.0426. The monoisotopic (exact) mass is 964 g/mol. The fourth-order valence-corrected chi connectivity index (χ4v) is 8.71. The van der Waals surface area contributed by atoms with Gasteiger partial charge in [-0.2, -0.15) is 9.78 Å². The van der Waals surface area contributed by atoms with Gasteiger partial charge in [-0.05, 0) is 49.2 Å². The van der Waals surface area contributed by atoms with Crippen LogP contribution in [0, 0.1) is 0 Å². The molecule has 0 spiro atoms. The highest BCUT2D eigenvalue weighted by Crippen LogP contribution is 2.42. The topological polar surface area (TPSA) is 269 Å². The van der Waals surface area contributed by atoms with Crippen LogP contribution in [0.25, 0.3) is 10.9 Å². The Morgan fingerprint density at radius 3 is 2.36 bits per heavy atom. The van der Waals surface area contributed by atoms with Crippen molar-refractivity contribution in [2.24, 2.45) is 26.1 Å². The molecular weight excluding hydrogens is 916 g/mol. The Kier molecular flexibility index (Phi) is 13.7. The van der Waals surface area contributed by atoms with E-state index in [2.05, 4.69) is 42.7 Å². The molecule has 4 amide bonds. The summed E-state index contributed by atoms with van der Waals surface area (Å²) in [6, 6.07) is 10.7. The van der Waals surface area contributed by atoms with E-state index >= 15 is 0 Å². The van der Waals surface area contributed by atoms with Crippen molar-refractivity contribution in [1.29, 1.82) is 0 Å². The number of rotatable bonds is 18. The lowest BCUT2D eigenvalue weighted by Gasteiger charge is -2.20. The van der Waals surface area contributed by atoms with Crippen molar-refractivity contribution in [3.63, 3.8) is 0 Å². The Bertz CT molecular complexity index is 3110. The van der Waals surface area contributed by atoms with Crippen molar-refractivity contribution in [1.82, 2.24) is 33.4 Å². The third-order valence-corrected chi connectivity index (χ3v) is 12.2. The first-order valence-corrected chi connectivity index (χ1v) is 23.0. The number of nitrogens with one attached hydrogen (secondary N) is 4. The first kappa shape index (κ1) is 47.6. The average Bonchev–Trinajstić information content (AvgIpc) is 4.13. The summed E-state index contributed by atoms with van der Waals surface area (Å²) in [5, 5.41) is 15.4. The van der Waals surface area contributed by atoms with Crippen molar-refractivity contribution in [3.8, 4) is 11.5 Å². The van der Waals surface area contributed by atoms with E-state index in [0.29, 0.717) is 64.4 Å². The van der Waals surface area contributed by atoms with Gasteiger partial charge >= 0.3 is 7.75 Å². The maximum Gasteiger partial charge on any atom is 0.430 e. The third-order valence-electron chi connectivity index (χ3n) is 11.2. The predicted octanol–water partition coefficient (Wildman–Crippen LogP) is 5.11. The fraction of sp³-hybridized carbons (Fsp3) is 0.289. The molecule has 69 heavy (non-hydrogen) atoms. The summed E-state index contributed by atoms with van der Waals surface area (Å²) in [7, 11) is 3.61. The van der Waals surface area contributed by atoms with Crippen molar-refractivity contribution < 1.29 is 52.2 Å². The van der Waals surface area contributed by atoms with Crippen LogP contribution in [0.5, 0.6) is 11.5 Å². The van der Waals surface area contributed by atoms with Crippen LogP contribution in [0.2, 0.25) is 0 Å². The molecule has 0 saturated carbocycles. The number of carbonyl (C=O) groups excluding carboxylic acids is 5. The molecule has 5 N–H and O–H groups in total. The number of aliphatic imine (C=N–C) groups is 1. The van der Waals surface area contributed by atoms with E-state index in [-0.39, 0.29) is 72.8 Å². The van der Waals surface area contributed by atoms with Crippen LogP contribution in [0.3, 0.4) is 0 Å². The van der Waals surface area contributed by atoms with Crippen LogP contribution >= 0.6 is 7.75 Å². The number of aromatic nitrogens is 6. The summed E-state index contributed by atoms with van der Waals surface area (Å²) in [4.78, 5) is 87.3. The number of nitrogens with zero attached hydrogens (tertiary/aromatic N) is 8. The van der Waals surface area contributed by atoms with Gasteiger partial charge in [0.15, 0.2) is 17.3 Å². The highest BCUT2D eigenvalue weighted by molar-refractivity contribution is 7.54. The van der Waals surface area contributed by atoms with Crippen LogP contribution < -0.4 is 30.5 Å². The molecule has 6 aromatic rings. The summed E-state index contributed by atoms with van der Waals surface area (Å²) in [5.41, 5.74) is 3.55. The molecule has 1 fully saturated rings. The molecule has 0 bridgehead atoms. The summed E-state index contributed by atoms with van der Waals surface area (Å²) >= 11 is 0. The zero-order valence-corrected chi connectivity index (χ0v) is 39.1. The number of hydrogen-bond acceptors (Lipinski definition) is 13. The van der Waals surface area contributed by atoms with Crippen LogP contribution in [0.4, 0.5) is 28.6 Å². The van der Waals surface area contributed by atoms with Crippen LogP contribution in [-0.4, -0.2) is 121 Å². The molecule has 1 unspecified atom stereocenters. The van der Waals surface area contributed by atoms with Crippen molar-refractivity contribution in [2.75, 3.05) is 61.6 Å². The molecule has 24 heteroatoms. The lowest BCUT2D eigenvalue weighted by Crippen LogP contribution is -2.35. The minimum Gasteiger partial charge on any atom is -0.493 e. The summed E-state index contributed by atoms with van der Waals surface area (Å²) in [5.74, 6) is -1.24. The number of ether oxygens (including phenoxy) is 3. The fourth-order valence-electron chi connectivity index (χ4n) is 7.86. The van der Waals surface area contributed by atoms with Gasteiger partial charge in [0.2, 0.25) is 11.7 Å². The summed E-state index contributed by atoms with van der Waals surface area (Å²) in [6.07, 6.45) is 8.86. The molecule has 0 aliphatic carbocycles. The van der Waals surface area contributed by atoms with Crippen LogP contribution in [0.15, 0.2) is 84.4 Å². The predicted molar refractivity (Wildman–Crippen MR) is 254 cm³/mol. The second-order valence-corrected chi connectivity index (χ2v) is 17.8. The standard InChI is InChI=1S/C45H49N12O11P/c1-26-14-31-21-46-33-19-38(37(66-6)18-32(33)44(61)56(31)22-26)67-11-7-8-40(58)50-39-25-55(4)41(51-39)43(60)49-29-16-35(53(2)23-29)42(59)48-30-17-36(54(3)24-30)45(62)57-34-10-9-28(15-27(34)20-47-57)52-69(63,64)68-13-12-65-5/h9-10,15-21,23-25,31H,1,7-8,11-14,22H2,2-6H3,(H,48,59)(H,49,60)(H,50,58)(H2,52,63,64)/t31-/m0/s1. The smallest absolute Gasteiger partial charge is 0.430 e. The molecule has 2 aromatic carbocycles. The second kappa shape index (κ2) is 19.8. The van der Waals surface area contributed by atoms with Gasteiger partial charge in [-0.25, -0.2) is 9.55 Å². The molecule has 2 aliphatic rings. The minimum atomic E-state index is -4.17. The van der Waals surface area contributed by atoms with Gasteiger partial charge in [-0.1, -0.05) is 12.2 Å². The molecule has 4 aromatic heterocycles. The van der Waals surface area contributed by atoms with Gasteiger partial charge in [0.05, 0.1) is 67.3 Å². The third kappa shape index (κ3) is 10.5. The normalized spacial score (nSPS) is 15.0. The lowest BCUT2D eigenvalue weighted by molar-refractivity contribution is -0.116. The number of aryl methyl sites for hydroxylation is 3. The van der Waals surface area contributed by atoms with Gasteiger partial charge < -0.3 is 53.7 Å². The highest BCUT2D eigenvalue weighted by atomic mass is 31.2. The number of carbonyl (C=O) groups is 5. The molecule has 23 nitrogen and oxygen atoms in total. The van der Waals surface area contributed by atoms with Crippen molar-refractivity contribution >= 4 is 83.0 Å². The van der Waals surface area contributed by atoms with Crippen molar-refractivity contribution in [3.05, 3.63) is 102 Å². The number of amides is 4. The number of benzene rings is 2. The number of hydrogen-bond donors (Lipinski definition) is 5. The largest absolute Gasteiger partial charge is 0.493 e. The first-order chi connectivity index (χ1) is 33.0. The SMILES string of the molecule is C=C1C[C@H]2C=Nc3cc(OCCCC(=O)Nc4cn(C)c(C(=O)Nc5cc(C(=O)Nc6cc(C(=O)n7ncc8cc(NP(=O)(O)OCCOC)ccc87)n(C)c6)n(C)c5)n4)c(OC)cc3C(=O)N2C1. The molecule has 6 heterocycles. The number of fused-ring (bicyclic) bond motifs is 3. The van der Waals surface area contributed by atoms with E-state index in [0.717, 1.165) is 5.57 Å². The maximum atomic E-state index is 13.7. The zero-order valence-electron chi connectivity index (χ0n) is 38.2.